The molecular weight excluding hydrogens is 220 g/mol. The van der Waals surface area contributed by atoms with Crippen LogP contribution in [0.5, 0.6) is 0 Å². The van der Waals surface area contributed by atoms with E-state index >= 15 is 0 Å². The SMILES string of the molecule is CCc1ccc(/C=C/CN2CCCNCC2)cc1. The molecule has 1 saturated heterocycles. The van der Waals surface area contributed by atoms with E-state index in [1.807, 2.05) is 0 Å². The number of hydrogen-bond donors (Lipinski definition) is 1. The van der Waals surface area contributed by atoms with Crippen molar-refractivity contribution in [2.24, 2.45) is 0 Å². The van der Waals surface area contributed by atoms with Crippen LogP contribution in [-0.4, -0.2) is 37.6 Å². The van der Waals surface area contributed by atoms with Gasteiger partial charge in [-0.2, -0.15) is 0 Å². The lowest BCUT2D eigenvalue weighted by molar-refractivity contribution is 0.324. The van der Waals surface area contributed by atoms with Gasteiger partial charge in [-0.15, -0.1) is 0 Å². The molecule has 2 heteroatoms. The van der Waals surface area contributed by atoms with Crippen LogP contribution in [0.15, 0.2) is 30.3 Å². The average molecular weight is 244 g/mol. The van der Waals surface area contributed by atoms with Gasteiger partial charge in [0.2, 0.25) is 0 Å². The summed E-state index contributed by atoms with van der Waals surface area (Å²) >= 11 is 0. The van der Waals surface area contributed by atoms with E-state index in [0.29, 0.717) is 0 Å². The maximum atomic E-state index is 3.43. The van der Waals surface area contributed by atoms with E-state index in [9.17, 15) is 0 Å². The number of nitrogens with one attached hydrogen (secondary N) is 1. The maximum absolute atomic E-state index is 3.43. The number of hydrogen-bond acceptors (Lipinski definition) is 2. The zero-order valence-corrected chi connectivity index (χ0v) is 11.4. The number of nitrogens with zero attached hydrogens (tertiary/aromatic N) is 1. The van der Waals surface area contributed by atoms with Crippen LogP contribution in [0.4, 0.5) is 0 Å². The van der Waals surface area contributed by atoms with Crippen LogP contribution in [0.25, 0.3) is 6.08 Å². The smallest absolute Gasteiger partial charge is 0.0167 e. The second-order valence-corrected chi connectivity index (χ2v) is 4.90. The van der Waals surface area contributed by atoms with Gasteiger partial charge in [0.1, 0.15) is 0 Å². The molecule has 0 spiro atoms. The monoisotopic (exact) mass is 244 g/mol. The third-order valence-corrected chi connectivity index (χ3v) is 3.49. The highest BCUT2D eigenvalue weighted by atomic mass is 15.1. The molecule has 1 fully saturated rings. The lowest BCUT2D eigenvalue weighted by Gasteiger charge is -2.16. The highest BCUT2D eigenvalue weighted by molar-refractivity contribution is 5.49. The number of benzene rings is 1. The molecule has 18 heavy (non-hydrogen) atoms. The Morgan fingerprint density at radius 2 is 2.00 bits per heavy atom. The zero-order chi connectivity index (χ0) is 12.6. The minimum absolute atomic E-state index is 1.07. The van der Waals surface area contributed by atoms with Crippen molar-refractivity contribution in [3.8, 4) is 0 Å². The highest BCUT2D eigenvalue weighted by Gasteiger charge is 2.05. The molecule has 2 nitrogen and oxygen atoms in total. The normalized spacial score (nSPS) is 18.1. The molecule has 0 aromatic heterocycles. The molecular formula is C16H24N2. The van der Waals surface area contributed by atoms with E-state index in [0.717, 1.165) is 19.5 Å². The van der Waals surface area contributed by atoms with Crippen molar-refractivity contribution >= 4 is 6.08 Å². The summed E-state index contributed by atoms with van der Waals surface area (Å²) in [6, 6.07) is 8.85. The van der Waals surface area contributed by atoms with Gasteiger partial charge in [-0.05, 0) is 37.1 Å². The Morgan fingerprint density at radius 1 is 1.17 bits per heavy atom. The van der Waals surface area contributed by atoms with Crippen molar-refractivity contribution in [1.82, 2.24) is 10.2 Å². The van der Waals surface area contributed by atoms with Gasteiger partial charge < -0.3 is 5.32 Å². The Labute approximate surface area is 111 Å². The molecule has 0 atom stereocenters. The number of rotatable bonds is 4. The van der Waals surface area contributed by atoms with Crippen molar-refractivity contribution in [3.63, 3.8) is 0 Å². The van der Waals surface area contributed by atoms with E-state index in [4.69, 9.17) is 0 Å². The van der Waals surface area contributed by atoms with Crippen LogP contribution in [-0.2, 0) is 6.42 Å². The van der Waals surface area contributed by atoms with Gasteiger partial charge >= 0.3 is 0 Å². The Bertz CT molecular complexity index is 359. The van der Waals surface area contributed by atoms with Crippen LogP contribution in [0.3, 0.4) is 0 Å². The molecule has 0 bridgehead atoms. The van der Waals surface area contributed by atoms with Crippen LogP contribution in [0.2, 0.25) is 0 Å². The van der Waals surface area contributed by atoms with E-state index in [1.165, 1.54) is 37.2 Å². The van der Waals surface area contributed by atoms with E-state index < -0.39 is 0 Å². The molecule has 1 aromatic rings. The van der Waals surface area contributed by atoms with Crippen LogP contribution in [0.1, 0.15) is 24.5 Å². The molecule has 98 valence electrons. The van der Waals surface area contributed by atoms with Crippen molar-refractivity contribution in [2.75, 3.05) is 32.7 Å². The fourth-order valence-corrected chi connectivity index (χ4v) is 2.29. The summed E-state index contributed by atoms with van der Waals surface area (Å²) in [7, 11) is 0. The third kappa shape index (κ3) is 4.28. The van der Waals surface area contributed by atoms with E-state index in [-0.39, 0.29) is 0 Å². The Balaban J connectivity index is 1.82. The maximum Gasteiger partial charge on any atom is 0.0167 e. The third-order valence-electron chi connectivity index (χ3n) is 3.49. The van der Waals surface area contributed by atoms with Gasteiger partial charge in [0.05, 0.1) is 0 Å². The number of aryl methyl sites for hydroxylation is 1. The largest absolute Gasteiger partial charge is 0.315 e. The molecule has 1 aromatic carbocycles. The Morgan fingerprint density at radius 3 is 2.78 bits per heavy atom. The van der Waals surface area contributed by atoms with Gasteiger partial charge in [-0.25, -0.2) is 0 Å². The molecule has 1 N–H and O–H groups in total. The predicted octanol–water partition coefficient (Wildman–Crippen LogP) is 2.56. The quantitative estimate of drug-likeness (QED) is 0.875. The summed E-state index contributed by atoms with van der Waals surface area (Å²) in [4.78, 5) is 2.51. The summed E-state index contributed by atoms with van der Waals surface area (Å²) in [5.41, 5.74) is 2.71. The van der Waals surface area contributed by atoms with Crippen molar-refractivity contribution in [1.29, 1.82) is 0 Å². The van der Waals surface area contributed by atoms with E-state index in [2.05, 4.69) is 53.6 Å². The van der Waals surface area contributed by atoms with Crippen LogP contribution < -0.4 is 5.32 Å². The first-order valence-electron chi connectivity index (χ1n) is 7.07. The van der Waals surface area contributed by atoms with Crippen molar-refractivity contribution in [2.45, 2.75) is 19.8 Å². The molecule has 1 aliphatic rings. The van der Waals surface area contributed by atoms with E-state index in [1.54, 1.807) is 0 Å². The van der Waals surface area contributed by atoms with Crippen molar-refractivity contribution < 1.29 is 0 Å². The molecule has 0 amide bonds. The summed E-state index contributed by atoms with van der Waals surface area (Å²) in [6.45, 7) is 7.93. The van der Waals surface area contributed by atoms with Gasteiger partial charge in [-0.1, -0.05) is 43.3 Å². The molecule has 0 unspecified atom stereocenters. The fourth-order valence-electron chi connectivity index (χ4n) is 2.29. The lowest BCUT2D eigenvalue weighted by Crippen LogP contribution is -2.28. The van der Waals surface area contributed by atoms with Crippen molar-refractivity contribution in [3.05, 3.63) is 41.5 Å². The topological polar surface area (TPSA) is 15.3 Å². The summed E-state index contributed by atoms with van der Waals surface area (Å²) < 4.78 is 0. The van der Waals surface area contributed by atoms with Crippen LogP contribution in [0, 0.1) is 0 Å². The Hall–Kier alpha value is -1.12. The standard InChI is InChI=1S/C16H24N2/c1-2-15-6-8-16(9-7-15)5-3-12-18-13-4-10-17-11-14-18/h3,5-9,17H,2,4,10-14H2,1H3/b5-3+. The summed E-state index contributed by atoms with van der Waals surface area (Å²) in [6.07, 6.45) is 6.90. The molecule has 1 aliphatic heterocycles. The molecule has 0 aliphatic carbocycles. The fraction of sp³-hybridized carbons (Fsp3) is 0.500. The minimum Gasteiger partial charge on any atom is -0.315 e. The van der Waals surface area contributed by atoms with Gasteiger partial charge in [-0.3, -0.25) is 4.90 Å². The molecule has 0 saturated carbocycles. The first-order valence-corrected chi connectivity index (χ1v) is 7.07. The lowest BCUT2D eigenvalue weighted by atomic mass is 10.1. The minimum atomic E-state index is 1.07. The predicted molar refractivity (Wildman–Crippen MR) is 78.8 cm³/mol. The summed E-state index contributed by atoms with van der Waals surface area (Å²) in [5, 5.41) is 3.43. The highest BCUT2D eigenvalue weighted by Crippen LogP contribution is 2.07. The molecule has 2 rings (SSSR count). The van der Waals surface area contributed by atoms with Gasteiger partial charge in [0, 0.05) is 19.6 Å². The second-order valence-electron chi connectivity index (χ2n) is 4.90. The average Bonchev–Trinajstić information content (AvgIpc) is 2.68. The first kappa shape index (κ1) is 13.3. The summed E-state index contributed by atoms with van der Waals surface area (Å²) in [5.74, 6) is 0. The zero-order valence-electron chi connectivity index (χ0n) is 11.4. The second kappa shape index (κ2) is 7.34. The first-order chi connectivity index (χ1) is 8.88. The molecule has 0 radical (unpaired) electrons. The van der Waals surface area contributed by atoms with Gasteiger partial charge in [0.25, 0.3) is 0 Å². The molecule has 1 heterocycles. The van der Waals surface area contributed by atoms with Crippen LogP contribution >= 0.6 is 0 Å². The Kier molecular flexibility index (Phi) is 5.43. The van der Waals surface area contributed by atoms with Gasteiger partial charge in [0.15, 0.2) is 0 Å².